The molecule has 21 aliphatic rings. The van der Waals surface area contributed by atoms with E-state index in [4.69, 9.17) is 79.9 Å². The van der Waals surface area contributed by atoms with Gasteiger partial charge in [-0.05, 0) is 24.3 Å². The predicted molar refractivity (Wildman–Crippen MR) is 289 cm³/mol. The summed E-state index contributed by atoms with van der Waals surface area (Å²) in [5.74, 6) is -0.106. The van der Waals surface area contributed by atoms with E-state index in [9.17, 15) is 107 Å². The largest absolute Gasteiger partial charge is 0.587 e. The molecular formula is C54H79O38P. The lowest BCUT2D eigenvalue weighted by molar-refractivity contribution is -0.396. The van der Waals surface area contributed by atoms with Crippen LogP contribution in [0.5, 0.6) is 11.5 Å². The zero-order valence-corrected chi connectivity index (χ0v) is 49.6. The molecule has 21 aliphatic heterocycles. The summed E-state index contributed by atoms with van der Waals surface area (Å²) in [5, 5.41) is 225. The fraction of sp³-hybridized carbons (Fsp3) is 0.778. The van der Waals surface area contributed by atoms with Crippen molar-refractivity contribution in [3.63, 3.8) is 0 Å². The molecule has 528 valence electrons. The Bertz CT molecular complexity index is 2610. The summed E-state index contributed by atoms with van der Waals surface area (Å²) in [4.78, 5) is 0. The van der Waals surface area contributed by atoms with E-state index >= 15 is 0 Å². The fourth-order valence-corrected chi connectivity index (χ4v) is 13.1. The highest BCUT2D eigenvalue weighted by molar-refractivity contribution is 7.49. The quantitative estimate of drug-likeness (QED) is 0.0828. The average Bonchev–Trinajstić information content (AvgIpc) is 0.789. The molecule has 21 fully saturated rings. The van der Waals surface area contributed by atoms with Crippen molar-refractivity contribution in [2.45, 2.75) is 215 Å². The number of ether oxygens (including phenoxy) is 14. The van der Waals surface area contributed by atoms with Crippen molar-refractivity contribution < 1.29 is 187 Å². The summed E-state index contributed by atoms with van der Waals surface area (Å²) in [6.07, 6.45) is -73.0. The van der Waals surface area contributed by atoms with Crippen molar-refractivity contribution in [2.24, 2.45) is 0 Å². The SMILES string of the molecule is O=P(OC[C@H]1O[C@@H]2O[C@H]3[C@H](O)[C@@H](O)[C@@H](O[C@H]4[C@H](O)[C@@H](O)[C@@H](O[C@H]5[C@H](O)[C@@H](O)[C@@H](O[C@H]6[C@@H](O)[C@H](O)[C@@H](O[C@H]7[C@@H](O)[C@H](O)[C@@H](O[C@H]8[C@@H](O)[C@H](O)[C@@H](O[C@H]1[C@H](O)[C@H]2O)O[C@@H]8CO)O[C@@H]7CO)O[C@@H]6CO)O[C@@H]5CO)O[C@@H]4CO)O[C@@H]3CO)(Oc1ccccc1)Oc1ccccc1. The predicted octanol–water partition coefficient (Wildman–Crippen LogP) is -10.9. The summed E-state index contributed by atoms with van der Waals surface area (Å²) in [6.45, 7) is -7.60. The number of aliphatic hydroxyl groups is 20. The van der Waals surface area contributed by atoms with Gasteiger partial charge in [-0.25, -0.2) is 4.57 Å². The van der Waals surface area contributed by atoms with E-state index in [0.717, 1.165) is 0 Å². The minimum atomic E-state index is -4.93. The molecule has 0 radical (unpaired) electrons. The fourth-order valence-electron chi connectivity index (χ4n) is 11.9. The third-order valence-corrected chi connectivity index (χ3v) is 18.3. The molecule has 0 spiro atoms. The van der Waals surface area contributed by atoms with Crippen LogP contribution in [0, 0.1) is 0 Å². The Hall–Kier alpha value is -3.13. The maximum atomic E-state index is 14.7. The highest BCUT2D eigenvalue weighted by Gasteiger charge is 2.60. The van der Waals surface area contributed by atoms with E-state index in [1.807, 2.05) is 0 Å². The Morgan fingerprint density at radius 3 is 0.645 bits per heavy atom. The number of hydrogen-bond donors (Lipinski definition) is 20. The summed E-state index contributed by atoms with van der Waals surface area (Å²) in [6, 6.07) is 14.9. The number of rotatable bonds is 13. The minimum absolute atomic E-state index is 0.0529. The van der Waals surface area contributed by atoms with Crippen molar-refractivity contribution in [2.75, 3.05) is 46.2 Å². The van der Waals surface area contributed by atoms with Gasteiger partial charge in [0.2, 0.25) is 0 Å². The summed E-state index contributed by atoms with van der Waals surface area (Å²) in [5.41, 5.74) is 0. The van der Waals surface area contributed by atoms with Gasteiger partial charge in [0.25, 0.3) is 0 Å². The average molecular weight is 1370 g/mol. The minimum Gasteiger partial charge on any atom is -0.395 e. The Balaban J connectivity index is 0.964. The molecular weight excluding hydrogens is 1290 g/mol. The van der Waals surface area contributed by atoms with Crippen LogP contribution in [-0.2, 0) is 75.4 Å². The molecule has 23 rings (SSSR count). The van der Waals surface area contributed by atoms with Gasteiger partial charge in [0, 0.05) is 0 Å². The van der Waals surface area contributed by atoms with Gasteiger partial charge in [0.05, 0.1) is 46.2 Å². The van der Waals surface area contributed by atoms with Gasteiger partial charge in [-0.3, -0.25) is 4.52 Å². The van der Waals surface area contributed by atoms with Crippen LogP contribution >= 0.6 is 7.82 Å². The van der Waals surface area contributed by atoms with Gasteiger partial charge in [0.1, 0.15) is 182 Å². The maximum Gasteiger partial charge on any atom is 0.587 e. The van der Waals surface area contributed by atoms with Gasteiger partial charge >= 0.3 is 7.82 Å². The van der Waals surface area contributed by atoms with Gasteiger partial charge in [0.15, 0.2) is 44.0 Å². The Morgan fingerprint density at radius 1 is 0.269 bits per heavy atom. The topological polar surface area (TPSA) is 579 Å². The molecule has 35 atom stereocenters. The number of aliphatic hydroxyl groups excluding tert-OH is 20. The first-order valence-corrected chi connectivity index (χ1v) is 31.0. The van der Waals surface area contributed by atoms with Gasteiger partial charge in [-0.15, -0.1) is 0 Å². The molecule has 0 aliphatic carbocycles. The monoisotopic (exact) mass is 1370 g/mol. The van der Waals surface area contributed by atoms with Crippen molar-refractivity contribution >= 4 is 7.82 Å². The zero-order chi connectivity index (χ0) is 66.9. The molecule has 14 bridgehead atoms. The lowest BCUT2D eigenvalue weighted by atomic mass is 9.95. The number of phosphoric acid groups is 1. The van der Waals surface area contributed by atoms with Crippen LogP contribution in [0.4, 0.5) is 0 Å². The molecule has 20 N–H and O–H groups in total. The Morgan fingerprint density at radius 2 is 0.452 bits per heavy atom. The van der Waals surface area contributed by atoms with E-state index in [1.165, 1.54) is 48.5 Å². The van der Waals surface area contributed by atoms with Crippen molar-refractivity contribution in [3.8, 4) is 11.5 Å². The number of hydrogen-bond acceptors (Lipinski definition) is 38. The summed E-state index contributed by atoms with van der Waals surface area (Å²) >= 11 is 0. The second-order valence-electron chi connectivity index (χ2n) is 23.0. The van der Waals surface area contributed by atoms with Crippen LogP contribution in [0.15, 0.2) is 60.7 Å². The number of phosphoric ester groups is 1. The van der Waals surface area contributed by atoms with E-state index < -0.39 is 269 Å². The van der Waals surface area contributed by atoms with E-state index in [1.54, 1.807) is 12.1 Å². The molecule has 2 aromatic carbocycles. The van der Waals surface area contributed by atoms with Crippen LogP contribution in [0.2, 0.25) is 0 Å². The first kappa shape index (κ1) is 72.6. The van der Waals surface area contributed by atoms with Crippen molar-refractivity contribution in [1.82, 2.24) is 0 Å². The molecule has 0 aromatic heterocycles. The highest BCUT2D eigenvalue weighted by Crippen LogP contribution is 2.51. The first-order valence-electron chi connectivity index (χ1n) is 29.6. The van der Waals surface area contributed by atoms with Crippen LogP contribution in [0.1, 0.15) is 0 Å². The molecule has 39 heteroatoms. The number of para-hydroxylation sites is 2. The smallest absolute Gasteiger partial charge is 0.395 e. The van der Waals surface area contributed by atoms with E-state index in [0.29, 0.717) is 0 Å². The third-order valence-electron chi connectivity index (χ3n) is 16.9. The lowest BCUT2D eigenvalue weighted by Gasteiger charge is -2.50. The zero-order valence-electron chi connectivity index (χ0n) is 48.7. The second kappa shape index (κ2) is 31.4. The van der Waals surface area contributed by atoms with E-state index in [-0.39, 0.29) is 11.5 Å². The van der Waals surface area contributed by atoms with Crippen LogP contribution in [0.3, 0.4) is 0 Å². The second-order valence-corrected chi connectivity index (χ2v) is 24.5. The molecule has 93 heavy (non-hydrogen) atoms. The first-order chi connectivity index (χ1) is 44.5. The Labute approximate surface area is 526 Å². The molecule has 2 aromatic rings. The normalized spacial score (nSPS) is 47.9. The number of benzene rings is 2. The van der Waals surface area contributed by atoms with Crippen LogP contribution < -0.4 is 9.05 Å². The van der Waals surface area contributed by atoms with Gasteiger partial charge in [-0.2, -0.15) is 0 Å². The third kappa shape index (κ3) is 15.4. The molecule has 21 heterocycles. The molecule has 21 saturated heterocycles. The Kier molecular flexibility index (Phi) is 24.5. The molecule has 0 amide bonds. The maximum absolute atomic E-state index is 14.7. The summed E-state index contributed by atoms with van der Waals surface area (Å²) < 4.78 is 113. The van der Waals surface area contributed by atoms with Gasteiger partial charge in [-0.1, -0.05) is 36.4 Å². The van der Waals surface area contributed by atoms with Crippen LogP contribution in [0.25, 0.3) is 0 Å². The van der Waals surface area contributed by atoms with Crippen molar-refractivity contribution in [3.05, 3.63) is 60.7 Å². The van der Waals surface area contributed by atoms with Crippen molar-refractivity contribution in [1.29, 1.82) is 0 Å². The molecule has 38 nitrogen and oxygen atoms in total. The van der Waals surface area contributed by atoms with Gasteiger partial charge < -0.3 is 177 Å². The lowest BCUT2D eigenvalue weighted by Crippen LogP contribution is -2.68. The highest BCUT2D eigenvalue weighted by atomic mass is 31.2. The standard InChI is InChI=1S/C54H79O38P/c55-11-20-41-28(62)35(69)49(78-20)86-43-22(13-57)80-51(37(71)30(43)64)88-45-24(15-59)82-53(39(73)32(45)66)90-47-26(17-76-93(75,91-18-7-3-1-4-8-18)92-19-9-5-2-6-10-19)83-54(40(74)33(47)67)89-46-25(16-60)81-52(38(72)31(46)65)87-44-23(14-58)79-50(36(70)29(44)63)85-42-21(12-56)77-48(84-41)34(68)27(42)61/h1-10,20-74H,11-17H2/t20-,21-,22-,23-,24-,25-,26-,27-,28+,29-,30+,31-,32+,33-,34-,35+,36-,37+,38-,39+,40-,41-,42-,43-,44-,45-,46-,47-,48-,49-,50-,51-,52-,53-,54-/m1/s1. The molecule has 0 saturated carbocycles. The molecule has 0 unspecified atom stereocenters. The summed E-state index contributed by atoms with van der Waals surface area (Å²) in [7, 11) is -4.93. The van der Waals surface area contributed by atoms with E-state index in [2.05, 4.69) is 0 Å². The van der Waals surface area contributed by atoms with Crippen LogP contribution in [-0.4, -0.2) is 363 Å².